The van der Waals surface area contributed by atoms with Gasteiger partial charge < -0.3 is 5.11 Å². The van der Waals surface area contributed by atoms with Gasteiger partial charge in [0, 0.05) is 19.6 Å². The molecule has 0 aromatic heterocycles. The van der Waals surface area contributed by atoms with E-state index >= 15 is 0 Å². The highest BCUT2D eigenvalue weighted by atomic mass is 16.4. The third-order valence-electron chi connectivity index (χ3n) is 3.23. The fraction of sp³-hybridized carbons (Fsp3) is 0.500. The van der Waals surface area contributed by atoms with Crippen LogP contribution < -0.4 is 0 Å². The summed E-state index contributed by atoms with van der Waals surface area (Å²) in [5.74, 6) is -0.743. The first-order valence-corrected chi connectivity index (χ1v) is 6.35. The second-order valence-corrected chi connectivity index (χ2v) is 4.98. The molecule has 1 heterocycles. The van der Waals surface area contributed by atoms with E-state index in [1.165, 1.54) is 11.1 Å². The van der Waals surface area contributed by atoms with Crippen LogP contribution in [0.1, 0.15) is 17.5 Å². The first-order chi connectivity index (χ1) is 8.63. The van der Waals surface area contributed by atoms with Crippen LogP contribution in [0.5, 0.6) is 0 Å². The van der Waals surface area contributed by atoms with Crippen molar-refractivity contribution in [3.8, 4) is 0 Å². The van der Waals surface area contributed by atoms with Crippen molar-refractivity contribution >= 4 is 5.97 Å². The van der Waals surface area contributed by atoms with Crippen molar-refractivity contribution in [2.45, 2.75) is 19.9 Å². The number of carbonyl (C=O) groups is 1. The lowest BCUT2D eigenvalue weighted by molar-refractivity contribution is -0.139. The van der Waals surface area contributed by atoms with Crippen molar-refractivity contribution in [1.29, 1.82) is 0 Å². The zero-order valence-corrected chi connectivity index (χ0v) is 10.8. The van der Waals surface area contributed by atoms with E-state index in [9.17, 15) is 4.79 Å². The quantitative estimate of drug-likeness (QED) is 0.878. The van der Waals surface area contributed by atoms with E-state index in [1.54, 1.807) is 0 Å². The first kappa shape index (κ1) is 13.1. The van der Waals surface area contributed by atoms with Gasteiger partial charge in [0.1, 0.15) is 0 Å². The van der Waals surface area contributed by atoms with Gasteiger partial charge in [-0.3, -0.25) is 14.6 Å². The Morgan fingerprint density at radius 2 is 1.89 bits per heavy atom. The molecule has 1 aliphatic rings. The summed E-state index contributed by atoms with van der Waals surface area (Å²) in [6.45, 7) is 5.81. The molecule has 0 atom stereocenters. The van der Waals surface area contributed by atoms with Gasteiger partial charge in [-0.15, -0.1) is 0 Å². The Hall–Kier alpha value is -1.39. The van der Waals surface area contributed by atoms with Gasteiger partial charge in [-0.1, -0.05) is 29.8 Å². The van der Waals surface area contributed by atoms with Gasteiger partial charge in [0.15, 0.2) is 0 Å². The van der Waals surface area contributed by atoms with Crippen LogP contribution in [0.2, 0.25) is 0 Å². The molecular formula is C14H20N2O2. The highest BCUT2D eigenvalue weighted by Gasteiger charge is 2.19. The number of carboxylic acid groups (broad SMARTS) is 1. The lowest BCUT2D eigenvalue weighted by Crippen LogP contribution is -2.46. The van der Waals surface area contributed by atoms with Gasteiger partial charge in [0.25, 0.3) is 0 Å². The van der Waals surface area contributed by atoms with Crippen molar-refractivity contribution in [3.05, 3.63) is 35.4 Å². The minimum atomic E-state index is -0.743. The number of rotatable bonds is 4. The molecule has 1 aliphatic heterocycles. The molecule has 0 spiro atoms. The van der Waals surface area contributed by atoms with Gasteiger partial charge in [-0.05, 0) is 18.9 Å². The summed E-state index contributed by atoms with van der Waals surface area (Å²) < 4.78 is 0. The van der Waals surface area contributed by atoms with Crippen molar-refractivity contribution < 1.29 is 9.90 Å². The molecule has 2 rings (SSSR count). The number of hydrogen-bond acceptors (Lipinski definition) is 3. The topological polar surface area (TPSA) is 43.8 Å². The van der Waals surface area contributed by atoms with Crippen LogP contribution in [0.4, 0.5) is 0 Å². The first-order valence-electron chi connectivity index (χ1n) is 6.35. The third-order valence-corrected chi connectivity index (χ3v) is 3.23. The maximum Gasteiger partial charge on any atom is 0.317 e. The van der Waals surface area contributed by atoms with Crippen LogP contribution in [-0.2, 0) is 11.3 Å². The maximum atomic E-state index is 10.7. The molecule has 0 bridgehead atoms. The summed E-state index contributed by atoms with van der Waals surface area (Å²) in [4.78, 5) is 15.0. The van der Waals surface area contributed by atoms with Crippen LogP contribution in [0.3, 0.4) is 0 Å². The van der Waals surface area contributed by atoms with Crippen LogP contribution in [-0.4, -0.2) is 47.2 Å². The van der Waals surface area contributed by atoms with E-state index in [-0.39, 0.29) is 6.54 Å². The summed E-state index contributed by atoms with van der Waals surface area (Å²) in [6.07, 6.45) is 1.04. The Bertz CT molecular complexity index is 403. The number of hydrogen-bond donors (Lipinski definition) is 1. The zero-order chi connectivity index (χ0) is 13.0. The normalized spacial score (nSPS) is 17.8. The van der Waals surface area contributed by atoms with E-state index < -0.39 is 5.97 Å². The number of aliphatic carboxylic acids is 1. The summed E-state index contributed by atoms with van der Waals surface area (Å²) in [5, 5.41) is 8.81. The van der Waals surface area contributed by atoms with Crippen molar-refractivity contribution in [2.24, 2.45) is 0 Å². The van der Waals surface area contributed by atoms with Crippen LogP contribution >= 0.6 is 0 Å². The molecule has 4 heteroatoms. The number of nitrogens with zero attached hydrogens (tertiary/aromatic N) is 2. The Morgan fingerprint density at radius 1 is 1.22 bits per heavy atom. The standard InChI is InChI=1S/C14H20N2O2/c1-12-3-5-13(6-4-12)9-15-7-2-8-16(11-15)10-14(17)18/h3-6H,2,7-11H2,1H3,(H,17,18). The fourth-order valence-corrected chi connectivity index (χ4v) is 2.34. The summed E-state index contributed by atoms with van der Waals surface area (Å²) in [7, 11) is 0. The molecule has 1 aromatic carbocycles. The van der Waals surface area contributed by atoms with Crippen LogP contribution in [0, 0.1) is 6.92 Å². The zero-order valence-electron chi connectivity index (χ0n) is 10.8. The molecule has 98 valence electrons. The third kappa shape index (κ3) is 3.82. The summed E-state index contributed by atoms with van der Waals surface area (Å²) in [6, 6.07) is 8.53. The number of carboxylic acids is 1. The number of aryl methyl sites for hydroxylation is 1. The average Bonchev–Trinajstić information content (AvgIpc) is 2.32. The Balaban J connectivity index is 1.89. The van der Waals surface area contributed by atoms with Crippen LogP contribution in [0.25, 0.3) is 0 Å². The molecule has 1 N–H and O–H groups in total. The molecular weight excluding hydrogens is 228 g/mol. The fourth-order valence-electron chi connectivity index (χ4n) is 2.34. The molecule has 0 saturated carbocycles. The second-order valence-electron chi connectivity index (χ2n) is 4.98. The van der Waals surface area contributed by atoms with Gasteiger partial charge in [0.05, 0.1) is 13.2 Å². The van der Waals surface area contributed by atoms with E-state index in [0.717, 1.165) is 32.7 Å². The predicted molar refractivity (Wildman–Crippen MR) is 70.3 cm³/mol. The van der Waals surface area contributed by atoms with E-state index in [0.29, 0.717) is 0 Å². The lowest BCUT2D eigenvalue weighted by Gasteiger charge is -2.34. The summed E-state index contributed by atoms with van der Waals surface area (Å²) in [5.41, 5.74) is 2.56. The molecule has 18 heavy (non-hydrogen) atoms. The largest absolute Gasteiger partial charge is 0.480 e. The molecule has 0 aliphatic carbocycles. The van der Waals surface area contributed by atoms with E-state index in [1.807, 2.05) is 4.90 Å². The summed E-state index contributed by atoms with van der Waals surface area (Å²) >= 11 is 0. The Labute approximate surface area is 108 Å². The molecule has 4 nitrogen and oxygen atoms in total. The minimum Gasteiger partial charge on any atom is -0.480 e. The lowest BCUT2D eigenvalue weighted by atomic mass is 10.1. The van der Waals surface area contributed by atoms with Crippen molar-refractivity contribution in [1.82, 2.24) is 9.80 Å². The van der Waals surface area contributed by atoms with Gasteiger partial charge >= 0.3 is 5.97 Å². The Kier molecular flexibility index (Phi) is 4.33. The number of benzene rings is 1. The monoisotopic (exact) mass is 248 g/mol. The molecule has 0 unspecified atom stereocenters. The minimum absolute atomic E-state index is 0.143. The second kappa shape index (κ2) is 5.98. The Morgan fingerprint density at radius 3 is 2.56 bits per heavy atom. The van der Waals surface area contributed by atoms with Crippen LogP contribution in [0.15, 0.2) is 24.3 Å². The van der Waals surface area contributed by atoms with Gasteiger partial charge in [-0.2, -0.15) is 0 Å². The van der Waals surface area contributed by atoms with Gasteiger partial charge in [0.2, 0.25) is 0 Å². The molecule has 1 fully saturated rings. The molecule has 0 radical (unpaired) electrons. The highest BCUT2D eigenvalue weighted by molar-refractivity contribution is 5.69. The maximum absolute atomic E-state index is 10.7. The predicted octanol–water partition coefficient (Wildman–Crippen LogP) is 1.54. The SMILES string of the molecule is Cc1ccc(CN2CCCN(CC(=O)O)C2)cc1. The average molecular weight is 248 g/mol. The molecule has 0 amide bonds. The van der Waals surface area contributed by atoms with Crippen molar-refractivity contribution in [2.75, 3.05) is 26.3 Å². The molecule has 1 aromatic rings. The smallest absolute Gasteiger partial charge is 0.317 e. The van der Waals surface area contributed by atoms with E-state index in [2.05, 4.69) is 36.1 Å². The highest BCUT2D eigenvalue weighted by Crippen LogP contribution is 2.11. The van der Waals surface area contributed by atoms with Gasteiger partial charge in [-0.25, -0.2) is 0 Å². The van der Waals surface area contributed by atoms with Crippen molar-refractivity contribution in [3.63, 3.8) is 0 Å². The molecule has 1 saturated heterocycles. The van der Waals surface area contributed by atoms with E-state index in [4.69, 9.17) is 5.11 Å².